The lowest BCUT2D eigenvalue weighted by atomic mass is 10.2. The number of ether oxygens (including phenoxy) is 2. The molecule has 18 heavy (non-hydrogen) atoms. The van der Waals surface area contributed by atoms with Crippen LogP contribution in [0.2, 0.25) is 0 Å². The van der Waals surface area contributed by atoms with Gasteiger partial charge in [-0.3, -0.25) is 4.90 Å². The summed E-state index contributed by atoms with van der Waals surface area (Å²) in [4.78, 5) is 23.8. The zero-order valence-corrected chi connectivity index (χ0v) is 11.2. The van der Waals surface area contributed by atoms with E-state index in [1.165, 1.54) is 7.05 Å². The van der Waals surface area contributed by atoms with E-state index in [2.05, 4.69) is 4.74 Å². The molecule has 0 N–H and O–H groups in total. The van der Waals surface area contributed by atoms with E-state index in [1.807, 2.05) is 0 Å². The summed E-state index contributed by atoms with van der Waals surface area (Å²) in [6.07, 6.45) is -4.36. The molecule has 0 aliphatic rings. The van der Waals surface area contributed by atoms with Crippen LogP contribution < -0.4 is 0 Å². The van der Waals surface area contributed by atoms with Crippen molar-refractivity contribution in [3.05, 3.63) is 0 Å². The van der Waals surface area contributed by atoms with E-state index in [-0.39, 0.29) is 0 Å². The summed E-state index contributed by atoms with van der Waals surface area (Å²) in [6.45, 7) is 4.91. The molecular formula is C11H19F2NO4. The number of alkyl halides is 2. The number of nitrogens with zero attached hydrogens (tertiary/aromatic N) is 1. The van der Waals surface area contributed by atoms with Crippen molar-refractivity contribution < 1.29 is 27.8 Å². The molecule has 5 nitrogen and oxygen atoms in total. The topological polar surface area (TPSA) is 55.8 Å². The third-order valence-corrected chi connectivity index (χ3v) is 2.02. The lowest BCUT2D eigenvalue weighted by Crippen LogP contribution is -2.46. The van der Waals surface area contributed by atoms with Crippen molar-refractivity contribution in [2.75, 3.05) is 14.2 Å². The fourth-order valence-electron chi connectivity index (χ4n) is 1.18. The van der Waals surface area contributed by atoms with Gasteiger partial charge in [0.15, 0.2) is 0 Å². The lowest BCUT2D eigenvalue weighted by Gasteiger charge is -2.29. The zero-order valence-electron chi connectivity index (χ0n) is 11.2. The van der Waals surface area contributed by atoms with E-state index in [0.29, 0.717) is 0 Å². The second kappa shape index (κ2) is 6.51. The molecule has 0 spiro atoms. The van der Waals surface area contributed by atoms with E-state index in [1.54, 1.807) is 20.8 Å². The minimum atomic E-state index is -2.72. The summed E-state index contributed by atoms with van der Waals surface area (Å²) in [7, 11) is 2.29. The summed E-state index contributed by atoms with van der Waals surface area (Å²) in [5, 5.41) is 0. The minimum absolute atomic E-state index is 0.767. The van der Waals surface area contributed by atoms with Crippen LogP contribution in [0.25, 0.3) is 0 Å². The maximum atomic E-state index is 12.4. The molecular weight excluding hydrogens is 248 g/mol. The SMILES string of the molecule is COC(=O)[C@@H](CC(F)F)N(C)C(=O)OC(C)(C)C. The van der Waals surface area contributed by atoms with Crippen LogP contribution in [0.3, 0.4) is 0 Å². The highest BCUT2D eigenvalue weighted by Gasteiger charge is 2.33. The molecule has 0 aromatic carbocycles. The number of carbonyl (C=O) groups excluding carboxylic acids is 2. The van der Waals surface area contributed by atoms with E-state index in [4.69, 9.17) is 4.74 Å². The Bertz CT molecular complexity index is 302. The molecule has 1 atom stereocenters. The number of likely N-dealkylation sites (N-methyl/N-ethyl adjacent to an activating group) is 1. The molecule has 0 unspecified atom stereocenters. The molecule has 0 aliphatic carbocycles. The third-order valence-electron chi connectivity index (χ3n) is 2.02. The van der Waals surface area contributed by atoms with Gasteiger partial charge in [0.05, 0.1) is 7.11 Å². The monoisotopic (exact) mass is 267 g/mol. The van der Waals surface area contributed by atoms with Crippen molar-refractivity contribution in [1.29, 1.82) is 0 Å². The first-order valence-corrected chi connectivity index (χ1v) is 5.40. The standard InChI is InChI=1S/C11H19F2NO4/c1-11(2,3)18-10(16)14(4)7(6-8(12)13)9(15)17-5/h7-8H,6H2,1-5H3/t7-/m1/s1. The first-order valence-electron chi connectivity index (χ1n) is 5.40. The normalized spacial score (nSPS) is 13.1. The lowest BCUT2D eigenvalue weighted by molar-refractivity contribution is -0.147. The van der Waals surface area contributed by atoms with Crippen molar-refractivity contribution >= 4 is 12.1 Å². The molecule has 0 saturated carbocycles. The number of methoxy groups -OCH3 is 1. The Balaban J connectivity index is 4.79. The van der Waals surface area contributed by atoms with Gasteiger partial charge in [-0.05, 0) is 20.8 Å². The second-order valence-corrected chi connectivity index (χ2v) is 4.76. The molecule has 0 aliphatic heterocycles. The molecule has 0 saturated heterocycles. The molecule has 0 aromatic rings. The van der Waals surface area contributed by atoms with Gasteiger partial charge in [-0.25, -0.2) is 18.4 Å². The van der Waals surface area contributed by atoms with Crippen molar-refractivity contribution in [1.82, 2.24) is 4.90 Å². The Hall–Kier alpha value is -1.40. The average Bonchev–Trinajstić information content (AvgIpc) is 2.21. The van der Waals surface area contributed by atoms with Crippen molar-refractivity contribution in [3.63, 3.8) is 0 Å². The molecule has 106 valence electrons. The Kier molecular flexibility index (Phi) is 6.00. The van der Waals surface area contributed by atoms with Gasteiger partial charge < -0.3 is 9.47 Å². The Morgan fingerprint density at radius 3 is 2.11 bits per heavy atom. The molecule has 0 heterocycles. The van der Waals surface area contributed by atoms with Crippen LogP contribution >= 0.6 is 0 Å². The average molecular weight is 267 g/mol. The van der Waals surface area contributed by atoms with Gasteiger partial charge in [0, 0.05) is 13.5 Å². The number of halogens is 2. The van der Waals surface area contributed by atoms with Crippen LogP contribution in [-0.2, 0) is 14.3 Å². The van der Waals surface area contributed by atoms with Crippen LogP contribution in [0, 0.1) is 0 Å². The van der Waals surface area contributed by atoms with Gasteiger partial charge in [-0.2, -0.15) is 0 Å². The predicted octanol–water partition coefficient (Wildman–Crippen LogP) is 2.05. The Morgan fingerprint density at radius 2 is 1.78 bits per heavy atom. The largest absolute Gasteiger partial charge is 0.467 e. The number of esters is 1. The molecule has 0 fully saturated rings. The quantitative estimate of drug-likeness (QED) is 0.731. The van der Waals surface area contributed by atoms with Crippen LogP contribution in [0.4, 0.5) is 13.6 Å². The van der Waals surface area contributed by atoms with Crippen LogP contribution in [0.15, 0.2) is 0 Å². The summed E-state index contributed by atoms with van der Waals surface area (Å²) in [5.41, 5.74) is -0.767. The Morgan fingerprint density at radius 1 is 1.28 bits per heavy atom. The highest BCUT2D eigenvalue weighted by atomic mass is 19.3. The fraction of sp³-hybridized carbons (Fsp3) is 0.818. The molecule has 0 radical (unpaired) electrons. The van der Waals surface area contributed by atoms with E-state index in [0.717, 1.165) is 12.0 Å². The molecule has 0 bridgehead atoms. The van der Waals surface area contributed by atoms with Crippen molar-refractivity contribution in [2.45, 2.75) is 45.3 Å². The summed E-state index contributed by atoms with van der Waals surface area (Å²) >= 11 is 0. The Labute approximate surface area is 105 Å². The second-order valence-electron chi connectivity index (χ2n) is 4.76. The summed E-state index contributed by atoms with van der Waals surface area (Å²) in [6, 6.07) is -1.36. The molecule has 1 amide bonds. The first kappa shape index (κ1) is 16.6. The predicted molar refractivity (Wildman–Crippen MR) is 60.4 cm³/mol. The van der Waals surface area contributed by atoms with Crippen LogP contribution in [-0.4, -0.2) is 49.2 Å². The van der Waals surface area contributed by atoms with Crippen molar-refractivity contribution in [3.8, 4) is 0 Å². The van der Waals surface area contributed by atoms with Gasteiger partial charge in [-0.15, -0.1) is 0 Å². The molecule has 0 rings (SSSR count). The van der Waals surface area contributed by atoms with E-state index >= 15 is 0 Å². The van der Waals surface area contributed by atoms with Crippen LogP contribution in [0.5, 0.6) is 0 Å². The maximum Gasteiger partial charge on any atom is 0.410 e. The minimum Gasteiger partial charge on any atom is -0.467 e. The smallest absolute Gasteiger partial charge is 0.410 e. The highest BCUT2D eigenvalue weighted by Crippen LogP contribution is 2.15. The van der Waals surface area contributed by atoms with Gasteiger partial charge in [0.25, 0.3) is 0 Å². The van der Waals surface area contributed by atoms with Gasteiger partial charge in [0.1, 0.15) is 11.6 Å². The van der Waals surface area contributed by atoms with E-state index in [9.17, 15) is 18.4 Å². The molecule has 7 heteroatoms. The van der Waals surface area contributed by atoms with Crippen molar-refractivity contribution in [2.24, 2.45) is 0 Å². The number of rotatable bonds is 4. The number of amides is 1. The van der Waals surface area contributed by atoms with Crippen LogP contribution in [0.1, 0.15) is 27.2 Å². The molecule has 0 aromatic heterocycles. The zero-order chi connectivity index (χ0) is 14.5. The number of carbonyl (C=O) groups is 2. The third kappa shape index (κ3) is 5.79. The summed E-state index contributed by atoms with van der Waals surface area (Å²) < 4.78 is 34.1. The van der Waals surface area contributed by atoms with Gasteiger partial charge >= 0.3 is 12.1 Å². The van der Waals surface area contributed by atoms with Gasteiger partial charge in [0.2, 0.25) is 6.43 Å². The van der Waals surface area contributed by atoms with Gasteiger partial charge in [-0.1, -0.05) is 0 Å². The summed E-state index contributed by atoms with van der Waals surface area (Å²) in [5.74, 6) is -0.899. The maximum absolute atomic E-state index is 12.4. The highest BCUT2D eigenvalue weighted by molar-refractivity contribution is 5.81. The number of hydrogen-bond donors (Lipinski definition) is 0. The first-order chi connectivity index (χ1) is 8.08. The van der Waals surface area contributed by atoms with E-state index < -0.39 is 36.6 Å². The fourth-order valence-corrected chi connectivity index (χ4v) is 1.18. The number of hydrogen-bond acceptors (Lipinski definition) is 4.